The minimum absolute atomic E-state index is 0.0104. The van der Waals surface area contributed by atoms with E-state index in [0.717, 1.165) is 0 Å². The van der Waals surface area contributed by atoms with Gasteiger partial charge in [-0.15, -0.1) is 11.6 Å². The van der Waals surface area contributed by atoms with Crippen LogP contribution in [0.3, 0.4) is 0 Å². The van der Waals surface area contributed by atoms with Gasteiger partial charge in [-0.25, -0.2) is 4.39 Å². The van der Waals surface area contributed by atoms with Crippen molar-refractivity contribution >= 4 is 33.4 Å². The van der Waals surface area contributed by atoms with Crippen LogP contribution in [0.25, 0.3) is 0 Å². The first kappa shape index (κ1) is 13.5. The molecule has 0 radical (unpaired) electrons. The zero-order valence-electron chi connectivity index (χ0n) is 8.77. The zero-order valence-corrected chi connectivity index (χ0v) is 11.1. The lowest BCUT2D eigenvalue weighted by molar-refractivity contribution is 0.0952. The van der Waals surface area contributed by atoms with Crippen LogP contribution in [0.2, 0.25) is 0 Å². The van der Waals surface area contributed by atoms with E-state index in [1.165, 1.54) is 18.2 Å². The smallest absolute Gasteiger partial charge is 0.252 e. The highest BCUT2D eigenvalue weighted by Crippen LogP contribution is 2.17. The molecule has 2 nitrogen and oxygen atoms in total. The maximum absolute atomic E-state index is 12.9. The standard InChI is InChI=1S/C11H12BrClFNO/c1-7(13)4-5-15-11(16)9-6-8(14)2-3-10(9)12/h2-3,6-7H,4-5H2,1H3,(H,15,16). The molecule has 88 valence electrons. The van der Waals surface area contributed by atoms with Crippen molar-refractivity contribution in [1.29, 1.82) is 0 Å². The second-order valence-electron chi connectivity index (χ2n) is 3.45. The molecule has 0 heterocycles. The van der Waals surface area contributed by atoms with Crippen LogP contribution in [-0.2, 0) is 0 Å². The third-order valence-electron chi connectivity index (χ3n) is 2.00. The molecule has 0 aliphatic carbocycles. The van der Waals surface area contributed by atoms with Gasteiger partial charge >= 0.3 is 0 Å². The van der Waals surface area contributed by atoms with Crippen LogP contribution in [0.15, 0.2) is 22.7 Å². The maximum atomic E-state index is 12.9. The summed E-state index contributed by atoms with van der Waals surface area (Å²) in [6.07, 6.45) is 0.681. The van der Waals surface area contributed by atoms with Crippen molar-refractivity contribution in [2.75, 3.05) is 6.54 Å². The van der Waals surface area contributed by atoms with Crippen molar-refractivity contribution in [3.8, 4) is 0 Å². The van der Waals surface area contributed by atoms with Crippen molar-refractivity contribution in [3.63, 3.8) is 0 Å². The SMILES string of the molecule is CC(Cl)CCNC(=O)c1cc(F)ccc1Br. The summed E-state index contributed by atoms with van der Waals surface area (Å²) >= 11 is 8.94. The average molecular weight is 309 g/mol. The van der Waals surface area contributed by atoms with Crippen molar-refractivity contribution in [3.05, 3.63) is 34.1 Å². The second-order valence-corrected chi connectivity index (χ2v) is 5.05. The molecule has 0 aliphatic rings. The van der Waals surface area contributed by atoms with Gasteiger partial charge in [0.05, 0.1) is 5.56 Å². The van der Waals surface area contributed by atoms with E-state index >= 15 is 0 Å². The van der Waals surface area contributed by atoms with Gasteiger partial charge in [-0.3, -0.25) is 4.79 Å². The first-order valence-corrected chi connectivity index (χ1v) is 6.11. The molecule has 0 aliphatic heterocycles. The number of hydrogen-bond donors (Lipinski definition) is 1. The molecule has 0 fully saturated rings. The van der Waals surface area contributed by atoms with Gasteiger partial charge in [0.2, 0.25) is 0 Å². The van der Waals surface area contributed by atoms with E-state index in [1.807, 2.05) is 6.92 Å². The third kappa shape index (κ3) is 4.10. The Morgan fingerprint density at radius 2 is 2.31 bits per heavy atom. The van der Waals surface area contributed by atoms with E-state index in [-0.39, 0.29) is 11.3 Å². The fraction of sp³-hybridized carbons (Fsp3) is 0.364. The molecular weight excluding hydrogens is 296 g/mol. The summed E-state index contributed by atoms with van der Waals surface area (Å²) < 4.78 is 13.5. The lowest BCUT2D eigenvalue weighted by atomic mass is 10.2. The van der Waals surface area contributed by atoms with Crippen LogP contribution in [0, 0.1) is 5.82 Å². The van der Waals surface area contributed by atoms with E-state index in [1.54, 1.807) is 0 Å². The molecule has 1 N–H and O–H groups in total. The Morgan fingerprint density at radius 3 is 2.94 bits per heavy atom. The monoisotopic (exact) mass is 307 g/mol. The van der Waals surface area contributed by atoms with Crippen LogP contribution < -0.4 is 5.32 Å². The van der Waals surface area contributed by atoms with Gasteiger partial charge in [-0.1, -0.05) is 0 Å². The quantitative estimate of drug-likeness (QED) is 0.849. The summed E-state index contributed by atoms with van der Waals surface area (Å²) in [4.78, 5) is 11.6. The summed E-state index contributed by atoms with van der Waals surface area (Å²) in [5.41, 5.74) is 0.294. The molecule has 1 aromatic carbocycles. The number of hydrogen-bond acceptors (Lipinski definition) is 1. The highest BCUT2D eigenvalue weighted by molar-refractivity contribution is 9.10. The highest BCUT2D eigenvalue weighted by atomic mass is 79.9. The number of alkyl halides is 1. The molecule has 1 rings (SSSR count). The van der Waals surface area contributed by atoms with E-state index < -0.39 is 5.82 Å². The molecule has 1 aromatic rings. The number of rotatable bonds is 4. The largest absolute Gasteiger partial charge is 0.352 e. The van der Waals surface area contributed by atoms with Crippen LogP contribution in [0.4, 0.5) is 4.39 Å². The minimum Gasteiger partial charge on any atom is -0.352 e. The molecule has 1 amide bonds. The molecule has 0 saturated heterocycles. The first-order chi connectivity index (χ1) is 7.50. The molecule has 0 aromatic heterocycles. The molecule has 1 unspecified atom stereocenters. The summed E-state index contributed by atoms with van der Waals surface area (Å²) in [5.74, 6) is -0.734. The number of benzene rings is 1. The van der Waals surface area contributed by atoms with Crippen molar-refractivity contribution in [2.45, 2.75) is 18.7 Å². The van der Waals surface area contributed by atoms with E-state index in [0.29, 0.717) is 23.0 Å². The number of nitrogens with one attached hydrogen (secondary N) is 1. The number of carbonyl (C=O) groups is 1. The Bertz CT molecular complexity index is 384. The number of halogens is 3. The molecule has 16 heavy (non-hydrogen) atoms. The molecular formula is C11H12BrClFNO. The fourth-order valence-electron chi connectivity index (χ4n) is 1.15. The molecule has 0 bridgehead atoms. The predicted molar refractivity (Wildman–Crippen MR) is 66.4 cm³/mol. The molecule has 0 spiro atoms. The van der Waals surface area contributed by atoms with Crippen LogP contribution >= 0.6 is 27.5 Å². The minimum atomic E-state index is -0.431. The average Bonchev–Trinajstić information content (AvgIpc) is 2.21. The van der Waals surface area contributed by atoms with Gasteiger partial charge < -0.3 is 5.32 Å². The Kier molecular flexibility index (Phi) is 5.22. The first-order valence-electron chi connectivity index (χ1n) is 4.88. The molecule has 5 heteroatoms. The van der Waals surface area contributed by atoms with Crippen LogP contribution in [0.1, 0.15) is 23.7 Å². The normalized spacial score (nSPS) is 12.2. The van der Waals surface area contributed by atoms with Crippen molar-refractivity contribution in [2.24, 2.45) is 0 Å². The van der Waals surface area contributed by atoms with Gasteiger partial charge in [0.25, 0.3) is 5.91 Å². The van der Waals surface area contributed by atoms with Crippen molar-refractivity contribution in [1.82, 2.24) is 5.32 Å². The van der Waals surface area contributed by atoms with Gasteiger partial charge in [-0.05, 0) is 47.5 Å². The zero-order chi connectivity index (χ0) is 12.1. The molecule has 1 atom stereocenters. The van der Waals surface area contributed by atoms with Gasteiger partial charge in [0, 0.05) is 16.4 Å². The topological polar surface area (TPSA) is 29.1 Å². The lowest BCUT2D eigenvalue weighted by Gasteiger charge is -2.07. The van der Waals surface area contributed by atoms with Crippen molar-refractivity contribution < 1.29 is 9.18 Å². The summed E-state index contributed by atoms with van der Waals surface area (Å²) in [7, 11) is 0. The van der Waals surface area contributed by atoms with Gasteiger partial charge in [0.1, 0.15) is 5.82 Å². The molecule has 0 saturated carbocycles. The third-order valence-corrected chi connectivity index (χ3v) is 2.91. The maximum Gasteiger partial charge on any atom is 0.252 e. The number of amides is 1. The van der Waals surface area contributed by atoms with Crippen LogP contribution in [-0.4, -0.2) is 17.8 Å². The van der Waals surface area contributed by atoms with E-state index in [4.69, 9.17) is 11.6 Å². The van der Waals surface area contributed by atoms with E-state index in [9.17, 15) is 9.18 Å². The number of carbonyl (C=O) groups excluding carboxylic acids is 1. The summed E-state index contributed by atoms with van der Waals surface area (Å²) in [6, 6.07) is 4.00. The van der Waals surface area contributed by atoms with Crippen LogP contribution in [0.5, 0.6) is 0 Å². The second kappa shape index (κ2) is 6.21. The Hall–Kier alpha value is -0.610. The Balaban J connectivity index is 2.62. The summed E-state index contributed by atoms with van der Waals surface area (Å²) in [6.45, 7) is 2.33. The van der Waals surface area contributed by atoms with Gasteiger partial charge in [0.15, 0.2) is 0 Å². The van der Waals surface area contributed by atoms with Gasteiger partial charge in [-0.2, -0.15) is 0 Å². The fourth-order valence-corrected chi connectivity index (χ4v) is 1.69. The lowest BCUT2D eigenvalue weighted by Crippen LogP contribution is -2.26. The Morgan fingerprint density at radius 1 is 1.62 bits per heavy atom. The summed E-state index contributed by atoms with van der Waals surface area (Å²) in [5, 5.41) is 2.69. The van der Waals surface area contributed by atoms with E-state index in [2.05, 4.69) is 21.2 Å². The predicted octanol–water partition coefficient (Wildman–Crippen LogP) is 3.34. The Labute approximate surface area is 107 Å². The highest BCUT2D eigenvalue weighted by Gasteiger charge is 2.10.